The molecule has 1 heterocycles. The summed E-state index contributed by atoms with van der Waals surface area (Å²) in [5.41, 5.74) is 1.60. The molecular weight excluding hydrogens is 420 g/mol. The van der Waals surface area contributed by atoms with Crippen molar-refractivity contribution < 1.29 is 14.6 Å². The summed E-state index contributed by atoms with van der Waals surface area (Å²) in [4.78, 5) is 0. The minimum Gasteiger partial charge on any atom is -0.490 e. The molecule has 1 aromatic heterocycles. The van der Waals surface area contributed by atoms with Crippen LogP contribution >= 0.6 is 43.2 Å². The number of hydrogen-bond acceptors (Lipinski definition) is 4. The van der Waals surface area contributed by atoms with Gasteiger partial charge in [-0.15, -0.1) is 11.3 Å². The van der Waals surface area contributed by atoms with Crippen molar-refractivity contribution >= 4 is 43.2 Å². The van der Waals surface area contributed by atoms with Crippen molar-refractivity contribution in [2.24, 2.45) is 0 Å². The SMILES string of the molecule is CCOc1ccc(C(O)c2cc(Br)sc2Br)cc1OCC. The molecule has 6 heteroatoms. The average Bonchev–Trinajstić information content (AvgIpc) is 2.79. The number of aliphatic hydroxyl groups is 1. The molecule has 3 nitrogen and oxygen atoms in total. The standard InChI is InChI=1S/C15H16Br2O3S/c1-3-19-11-6-5-9(7-12(11)20-4-2)14(18)10-8-13(16)21-15(10)17/h5-8,14,18H,3-4H2,1-2H3. The van der Waals surface area contributed by atoms with Gasteiger partial charge in [0, 0.05) is 5.56 Å². The molecule has 0 spiro atoms. The molecule has 0 aliphatic rings. The van der Waals surface area contributed by atoms with Crippen LogP contribution in [0.3, 0.4) is 0 Å². The van der Waals surface area contributed by atoms with Gasteiger partial charge >= 0.3 is 0 Å². The fraction of sp³-hybridized carbons (Fsp3) is 0.333. The van der Waals surface area contributed by atoms with E-state index in [-0.39, 0.29) is 0 Å². The molecule has 0 amide bonds. The van der Waals surface area contributed by atoms with Gasteiger partial charge in [0.2, 0.25) is 0 Å². The van der Waals surface area contributed by atoms with Crippen LogP contribution in [0.25, 0.3) is 0 Å². The van der Waals surface area contributed by atoms with E-state index in [1.165, 1.54) is 11.3 Å². The molecule has 2 aromatic rings. The van der Waals surface area contributed by atoms with Gasteiger partial charge in [0.15, 0.2) is 11.5 Å². The third kappa shape index (κ3) is 4.00. The summed E-state index contributed by atoms with van der Waals surface area (Å²) in [7, 11) is 0. The highest BCUT2D eigenvalue weighted by molar-refractivity contribution is 9.12. The molecule has 0 saturated carbocycles. The molecule has 1 N–H and O–H groups in total. The highest BCUT2D eigenvalue weighted by Gasteiger charge is 2.18. The van der Waals surface area contributed by atoms with Crippen molar-refractivity contribution in [3.05, 3.63) is 43.0 Å². The van der Waals surface area contributed by atoms with Crippen molar-refractivity contribution in [1.82, 2.24) is 0 Å². The quantitative estimate of drug-likeness (QED) is 0.681. The summed E-state index contributed by atoms with van der Waals surface area (Å²) >= 11 is 8.44. The van der Waals surface area contributed by atoms with E-state index in [0.29, 0.717) is 24.7 Å². The van der Waals surface area contributed by atoms with Gasteiger partial charge in [-0.1, -0.05) is 6.07 Å². The maximum absolute atomic E-state index is 10.6. The van der Waals surface area contributed by atoms with Crippen molar-refractivity contribution in [3.63, 3.8) is 0 Å². The molecular formula is C15H16Br2O3S. The second kappa shape index (κ2) is 7.63. The first-order chi connectivity index (χ1) is 10.1. The van der Waals surface area contributed by atoms with Crippen LogP contribution in [0.2, 0.25) is 0 Å². The van der Waals surface area contributed by atoms with Gasteiger partial charge in [-0.25, -0.2) is 0 Å². The molecule has 0 radical (unpaired) electrons. The topological polar surface area (TPSA) is 38.7 Å². The maximum Gasteiger partial charge on any atom is 0.161 e. The van der Waals surface area contributed by atoms with E-state index in [1.807, 2.05) is 38.1 Å². The lowest BCUT2D eigenvalue weighted by Gasteiger charge is -2.15. The molecule has 0 aliphatic heterocycles. The lowest BCUT2D eigenvalue weighted by Crippen LogP contribution is -2.03. The van der Waals surface area contributed by atoms with E-state index < -0.39 is 6.10 Å². The summed E-state index contributed by atoms with van der Waals surface area (Å²) in [5.74, 6) is 1.35. The van der Waals surface area contributed by atoms with E-state index in [1.54, 1.807) is 0 Å². The monoisotopic (exact) mass is 434 g/mol. The van der Waals surface area contributed by atoms with Crippen LogP contribution in [0.15, 0.2) is 31.8 Å². The molecule has 1 atom stereocenters. The highest BCUT2D eigenvalue weighted by Crippen LogP contribution is 2.39. The Morgan fingerprint density at radius 2 is 1.76 bits per heavy atom. The molecule has 0 fully saturated rings. The van der Waals surface area contributed by atoms with Crippen LogP contribution < -0.4 is 9.47 Å². The third-order valence-corrected chi connectivity index (χ3v) is 5.25. The van der Waals surface area contributed by atoms with E-state index in [4.69, 9.17) is 9.47 Å². The summed E-state index contributed by atoms with van der Waals surface area (Å²) in [5, 5.41) is 10.6. The predicted octanol–water partition coefficient (Wildman–Crippen LogP) is 5.15. The van der Waals surface area contributed by atoms with Crippen LogP contribution in [-0.2, 0) is 0 Å². The molecule has 0 bridgehead atoms. The number of halogens is 2. The third-order valence-electron chi connectivity index (χ3n) is 2.86. The van der Waals surface area contributed by atoms with Gasteiger partial charge in [-0.3, -0.25) is 0 Å². The van der Waals surface area contributed by atoms with E-state index in [2.05, 4.69) is 31.9 Å². The van der Waals surface area contributed by atoms with E-state index in [0.717, 1.165) is 18.7 Å². The first kappa shape index (κ1) is 16.8. The minimum absolute atomic E-state index is 0.549. The summed E-state index contributed by atoms with van der Waals surface area (Å²) in [6.45, 7) is 4.97. The van der Waals surface area contributed by atoms with Crippen molar-refractivity contribution in [2.45, 2.75) is 20.0 Å². The van der Waals surface area contributed by atoms with Crippen LogP contribution in [0.5, 0.6) is 11.5 Å². The summed E-state index contributed by atoms with van der Waals surface area (Å²) in [6, 6.07) is 7.44. The number of aliphatic hydroxyl groups excluding tert-OH is 1. The van der Waals surface area contributed by atoms with Crippen LogP contribution in [0.1, 0.15) is 31.1 Å². The largest absolute Gasteiger partial charge is 0.490 e. The van der Waals surface area contributed by atoms with Crippen molar-refractivity contribution in [2.75, 3.05) is 13.2 Å². The number of hydrogen-bond donors (Lipinski definition) is 1. The molecule has 1 unspecified atom stereocenters. The molecule has 0 aliphatic carbocycles. The van der Waals surface area contributed by atoms with Crippen molar-refractivity contribution in [3.8, 4) is 11.5 Å². The van der Waals surface area contributed by atoms with Gasteiger partial charge < -0.3 is 14.6 Å². The molecule has 2 rings (SSSR count). The van der Waals surface area contributed by atoms with Gasteiger partial charge in [-0.05, 0) is 69.5 Å². The van der Waals surface area contributed by atoms with Crippen molar-refractivity contribution in [1.29, 1.82) is 0 Å². The number of thiophene rings is 1. The number of rotatable bonds is 6. The summed E-state index contributed by atoms with van der Waals surface area (Å²) < 4.78 is 13.0. The molecule has 1 aromatic carbocycles. The Bertz CT molecular complexity index is 613. The normalized spacial score (nSPS) is 12.2. The Morgan fingerprint density at radius 3 is 2.33 bits per heavy atom. The lowest BCUT2D eigenvalue weighted by atomic mass is 10.0. The lowest BCUT2D eigenvalue weighted by molar-refractivity contribution is 0.218. The van der Waals surface area contributed by atoms with Gasteiger partial charge in [0.05, 0.1) is 20.8 Å². The first-order valence-electron chi connectivity index (χ1n) is 6.59. The Morgan fingerprint density at radius 1 is 1.10 bits per heavy atom. The average molecular weight is 436 g/mol. The Kier molecular flexibility index (Phi) is 6.10. The Hall–Kier alpha value is -0.560. The zero-order valence-electron chi connectivity index (χ0n) is 11.7. The fourth-order valence-corrected chi connectivity index (χ4v) is 4.84. The zero-order valence-corrected chi connectivity index (χ0v) is 15.7. The highest BCUT2D eigenvalue weighted by atomic mass is 79.9. The molecule has 0 saturated heterocycles. The van der Waals surface area contributed by atoms with Crippen LogP contribution in [0, 0.1) is 0 Å². The molecule has 114 valence electrons. The number of ether oxygens (including phenoxy) is 2. The van der Waals surface area contributed by atoms with Gasteiger partial charge in [0.25, 0.3) is 0 Å². The van der Waals surface area contributed by atoms with E-state index in [9.17, 15) is 5.11 Å². The smallest absolute Gasteiger partial charge is 0.161 e. The van der Waals surface area contributed by atoms with E-state index >= 15 is 0 Å². The second-order valence-electron chi connectivity index (χ2n) is 4.25. The molecule has 21 heavy (non-hydrogen) atoms. The van der Waals surface area contributed by atoms with Gasteiger partial charge in [-0.2, -0.15) is 0 Å². The number of benzene rings is 1. The fourth-order valence-electron chi connectivity index (χ4n) is 1.96. The minimum atomic E-state index is -0.711. The maximum atomic E-state index is 10.6. The first-order valence-corrected chi connectivity index (χ1v) is 8.99. The van der Waals surface area contributed by atoms with Crippen LogP contribution in [0.4, 0.5) is 0 Å². The predicted molar refractivity (Wildman–Crippen MR) is 92.6 cm³/mol. The zero-order chi connectivity index (χ0) is 15.4. The second-order valence-corrected chi connectivity index (χ2v) is 8.00. The Balaban J connectivity index is 2.35. The Labute approximate surface area is 145 Å². The van der Waals surface area contributed by atoms with Crippen LogP contribution in [-0.4, -0.2) is 18.3 Å². The summed E-state index contributed by atoms with van der Waals surface area (Å²) in [6.07, 6.45) is -0.711. The van der Waals surface area contributed by atoms with Gasteiger partial charge in [0.1, 0.15) is 6.10 Å².